The molecule has 0 bridgehead atoms. The first-order valence-electron chi connectivity index (χ1n) is 7.56. The zero-order valence-electron chi connectivity index (χ0n) is 13.8. The van der Waals surface area contributed by atoms with Crippen LogP contribution in [-0.2, 0) is 13.1 Å². The van der Waals surface area contributed by atoms with E-state index < -0.39 is 0 Å². The first kappa shape index (κ1) is 16.3. The van der Waals surface area contributed by atoms with Crippen molar-refractivity contribution in [2.24, 2.45) is 0 Å². The van der Waals surface area contributed by atoms with Gasteiger partial charge in [-0.05, 0) is 26.3 Å². The lowest BCUT2D eigenvalue weighted by atomic mass is 10.1. The number of hydrogen-bond acceptors (Lipinski definition) is 6. The maximum Gasteiger partial charge on any atom is 0.274 e. The molecule has 0 unspecified atom stereocenters. The van der Waals surface area contributed by atoms with E-state index in [2.05, 4.69) is 24.4 Å². The van der Waals surface area contributed by atoms with Gasteiger partial charge in [-0.15, -0.1) is 5.10 Å². The van der Waals surface area contributed by atoms with Crippen molar-refractivity contribution in [3.05, 3.63) is 58.2 Å². The van der Waals surface area contributed by atoms with Gasteiger partial charge in [0.15, 0.2) is 5.69 Å². The van der Waals surface area contributed by atoms with Crippen LogP contribution in [0.4, 0.5) is 0 Å². The number of nitrogens with one attached hydrogen (secondary N) is 1. The van der Waals surface area contributed by atoms with Gasteiger partial charge in [0.25, 0.3) is 5.91 Å². The Balaban J connectivity index is 1.68. The summed E-state index contributed by atoms with van der Waals surface area (Å²) in [5, 5.41) is 11.0. The summed E-state index contributed by atoms with van der Waals surface area (Å²) in [5.41, 5.74) is 4.99. The quantitative estimate of drug-likeness (QED) is 0.767. The van der Waals surface area contributed by atoms with E-state index in [9.17, 15) is 4.79 Å². The molecular weight excluding hydrogens is 324 g/mol. The van der Waals surface area contributed by atoms with Crippen molar-refractivity contribution in [3.8, 4) is 0 Å². The van der Waals surface area contributed by atoms with Gasteiger partial charge in [0.05, 0.1) is 35.4 Å². The molecule has 3 aromatic rings. The number of carbonyl (C=O) groups excluding carboxylic acids is 1. The van der Waals surface area contributed by atoms with Crippen molar-refractivity contribution in [2.45, 2.75) is 33.9 Å². The van der Waals surface area contributed by atoms with E-state index in [0.717, 1.165) is 22.5 Å². The average Bonchev–Trinajstić information content (AvgIpc) is 3.12. The molecule has 2 aromatic heterocycles. The lowest BCUT2D eigenvalue weighted by Crippen LogP contribution is -2.24. The van der Waals surface area contributed by atoms with Crippen molar-refractivity contribution < 1.29 is 4.79 Å². The van der Waals surface area contributed by atoms with E-state index in [1.165, 1.54) is 11.7 Å². The second kappa shape index (κ2) is 6.88. The summed E-state index contributed by atoms with van der Waals surface area (Å²) in [6.07, 6.45) is 0. The van der Waals surface area contributed by atoms with Gasteiger partial charge in [-0.1, -0.05) is 35.0 Å². The van der Waals surface area contributed by atoms with Gasteiger partial charge in [-0.3, -0.25) is 4.79 Å². The molecule has 0 spiro atoms. The van der Waals surface area contributed by atoms with E-state index in [0.29, 0.717) is 24.5 Å². The minimum atomic E-state index is -0.228. The van der Waals surface area contributed by atoms with Crippen molar-refractivity contribution in [1.29, 1.82) is 0 Å². The highest BCUT2D eigenvalue weighted by molar-refractivity contribution is 6.99. The van der Waals surface area contributed by atoms with Crippen LogP contribution >= 0.6 is 11.7 Å². The molecule has 0 aliphatic heterocycles. The maximum absolute atomic E-state index is 12.4. The van der Waals surface area contributed by atoms with Crippen molar-refractivity contribution in [3.63, 3.8) is 0 Å². The molecule has 1 aromatic carbocycles. The van der Waals surface area contributed by atoms with E-state index in [1.807, 2.05) is 45.0 Å². The Morgan fingerprint density at radius 3 is 2.79 bits per heavy atom. The molecular formula is C16H18N6OS. The summed E-state index contributed by atoms with van der Waals surface area (Å²) >= 11 is 1.17. The van der Waals surface area contributed by atoms with Crippen molar-refractivity contribution in [2.75, 3.05) is 0 Å². The normalized spacial score (nSPS) is 10.8. The molecule has 124 valence electrons. The standard InChI is InChI=1S/C16H18N6OS/c1-10-5-4-6-13(7-10)8-17-16(23)15-12(3)22(21-18-15)9-14-11(2)19-24-20-14/h4-7H,8-9H2,1-3H3,(H,17,23). The number of benzene rings is 1. The van der Waals surface area contributed by atoms with Gasteiger partial charge in [-0.25, -0.2) is 4.68 Å². The summed E-state index contributed by atoms with van der Waals surface area (Å²) < 4.78 is 10.0. The molecule has 0 radical (unpaired) electrons. The lowest BCUT2D eigenvalue weighted by Gasteiger charge is -2.05. The zero-order valence-corrected chi connectivity index (χ0v) is 14.6. The van der Waals surface area contributed by atoms with Crippen molar-refractivity contribution in [1.82, 2.24) is 29.1 Å². The highest BCUT2D eigenvalue weighted by atomic mass is 32.1. The van der Waals surface area contributed by atoms with Crippen molar-refractivity contribution >= 4 is 17.6 Å². The number of amides is 1. The van der Waals surface area contributed by atoms with Crippen LogP contribution in [-0.4, -0.2) is 29.6 Å². The fraction of sp³-hybridized carbons (Fsp3) is 0.312. The second-order valence-corrected chi connectivity index (χ2v) is 6.18. The average molecular weight is 342 g/mol. The highest BCUT2D eigenvalue weighted by Crippen LogP contribution is 2.10. The largest absolute Gasteiger partial charge is 0.347 e. The highest BCUT2D eigenvalue weighted by Gasteiger charge is 2.17. The van der Waals surface area contributed by atoms with Crippen LogP contribution < -0.4 is 5.32 Å². The topological polar surface area (TPSA) is 85.6 Å². The number of nitrogens with zero attached hydrogens (tertiary/aromatic N) is 5. The van der Waals surface area contributed by atoms with E-state index in [1.54, 1.807) is 4.68 Å². The number of carbonyl (C=O) groups is 1. The fourth-order valence-corrected chi connectivity index (χ4v) is 2.90. The molecule has 3 rings (SSSR count). The molecule has 0 aliphatic carbocycles. The molecule has 0 atom stereocenters. The Hall–Kier alpha value is -2.61. The van der Waals surface area contributed by atoms with E-state index in [4.69, 9.17) is 0 Å². The Morgan fingerprint density at radius 1 is 1.25 bits per heavy atom. The predicted molar refractivity (Wildman–Crippen MR) is 90.9 cm³/mol. The predicted octanol–water partition coefficient (Wildman–Crippen LogP) is 2.03. The van der Waals surface area contributed by atoms with Crippen LogP contribution in [0, 0.1) is 20.8 Å². The number of rotatable bonds is 5. The SMILES string of the molecule is Cc1cccc(CNC(=O)c2nnn(Cc3nsnc3C)c2C)c1. The van der Waals surface area contributed by atoms with Gasteiger partial charge < -0.3 is 5.32 Å². The molecule has 0 fully saturated rings. The Morgan fingerprint density at radius 2 is 2.08 bits per heavy atom. The third-order valence-electron chi connectivity index (χ3n) is 3.78. The van der Waals surface area contributed by atoms with Gasteiger partial charge in [-0.2, -0.15) is 8.75 Å². The maximum atomic E-state index is 12.4. The number of aryl methyl sites for hydroxylation is 2. The van der Waals surface area contributed by atoms with Crippen LogP contribution in [0.5, 0.6) is 0 Å². The molecule has 24 heavy (non-hydrogen) atoms. The second-order valence-electron chi connectivity index (χ2n) is 5.65. The van der Waals surface area contributed by atoms with Gasteiger partial charge in [0.2, 0.25) is 0 Å². The van der Waals surface area contributed by atoms with Gasteiger partial charge in [0, 0.05) is 6.54 Å². The molecule has 2 heterocycles. The molecule has 0 aliphatic rings. The molecule has 7 nitrogen and oxygen atoms in total. The summed E-state index contributed by atoms with van der Waals surface area (Å²) in [7, 11) is 0. The third kappa shape index (κ3) is 3.48. The molecule has 1 amide bonds. The molecule has 8 heteroatoms. The number of aromatic nitrogens is 5. The van der Waals surface area contributed by atoms with Crippen LogP contribution in [0.15, 0.2) is 24.3 Å². The summed E-state index contributed by atoms with van der Waals surface area (Å²) in [4.78, 5) is 12.4. The summed E-state index contributed by atoms with van der Waals surface area (Å²) in [6.45, 7) is 6.68. The third-order valence-corrected chi connectivity index (χ3v) is 4.44. The Bertz CT molecular complexity index is 869. The fourth-order valence-electron chi connectivity index (χ4n) is 2.34. The molecule has 1 N–H and O–H groups in total. The summed E-state index contributed by atoms with van der Waals surface area (Å²) in [6, 6.07) is 8.02. The van der Waals surface area contributed by atoms with Crippen LogP contribution in [0.1, 0.15) is 38.7 Å². The van der Waals surface area contributed by atoms with Gasteiger partial charge in [0.1, 0.15) is 0 Å². The molecule has 0 saturated carbocycles. The van der Waals surface area contributed by atoms with E-state index >= 15 is 0 Å². The van der Waals surface area contributed by atoms with Crippen LogP contribution in [0.25, 0.3) is 0 Å². The minimum Gasteiger partial charge on any atom is -0.347 e. The monoisotopic (exact) mass is 342 g/mol. The summed E-state index contributed by atoms with van der Waals surface area (Å²) in [5.74, 6) is -0.228. The lowest BCUT2D eigenvalue weighted by molar-refractivity contribution is 0.0945. The zero-order chi connectivity index (χ0) is 17.1. The van der Waals surface area contributed by atoms with Gasteiger partial charge >= 0.3 is 0 Å². The van der Waals surface area contributed by atoms with Crippen LogP contribution in [0.3, 0.4) is 0 Å². The Labute approximate surface area is 144 Å². The first-order valence-corrected chi connectivity index (χ1v) is 8.29. The smallest absolute Gasteiger partial charge is 0.274 e. The molecule has 0 saturated heterocycles. The van der Waals surface area contributed by atoms with E-state index in [-0.39, 0.29) is 5.91 Å². The van der Waals surface area contributed by atoms with Crippen LogP contribution in [0.2, 0.25) is 0 Å². The Kier molecular flexibility index (Phi) is 4.66. The first-order chi connectivity index (χ1) is 11.5. The minimum absolute atomic E-state index is 0.228. The number of hydrogen-bond donors (Lipinski definition) is 1.